The predicted octanol–water partition coefficient (Wildman–Crippen LogP) is 4.30. The normalized spacial score (nSPS) is 22.1. The van der Waals surface area contributed by atoms with Crippen LogP contribution in [0.4, 0.5) is 17.6 Å². The van der Waals surface area contributed by atoms with Crippen molar-refractivity contribution in [2.24, 2.45) is 0 Å². The molecule has 1 aliphatic rings. The van der Waals surface area contributed by atoms with Gasteiger partial charge in [-0.1, -0.05) is 0 Å². The van der Waals surface area contributed by atoms with Crippen LogP contribution in [-0.2, 0) is 0 Å². The number of halogens is 4. The summed E-state index contributed by atoms with van der Waals surface area (Å²) in [6.45, 7) is 1.54. The molecule has 0 bridgehead atoms. The molecular formula is C18H16F4N4O2. The zero-order chi connectivity index (χ0) is 20.1. The lowest BCUT2D eigenvalue weighted by Crippen LogP contribution is -2.36. The Labute approximate surface area is 157 Å². The largest absolute Gasteiger partial charge is 0.573 e. The van der Waals surface area contributed by atoms with Crippen molar-refractivity contribution in [1.29, 1.82) is 0 Å². The lowest BCUT2D eigenvalue weighted by molar-refractivity contribution is -0.274. The summed E-state index contributed by atoms with van der Waals surface area (Å²) in [4.78, 5) is 0. The Morgan fingerprint density at radius 3 is 2.54 bits per heavy atom. The Morgan fingerprint density at radius 1 is 1.14 bits per heavy atom. The number of hydrogen-bond acceptors (Lipinski definition) is 5. The van der Waals surface area contributed by atoms with Gasteiger partial charge in [0.1, 0.15) is 17.2 Å². The molecular weight excluding hydrogens is 380 g/mol. The molecule has 0 radical (unpaired) electrons. The van der Waals surface area contributed by atoms with Crippen LogP contribution in [-0.4, -0.2) is 39.0 Å². The minimum atomic E-state index is -4.80. The Kier molecular flexibility index (Phi) is 4.16. The fourth-order valence-electron chi connectivity index (χ4n) is 3.43. The molecule has 2 aromatic heterocycles. The first-order valence-corrected chi connectivity index (χ1v) is 8.51. The summed E-state index contributed by atoms with van der Waals surface area (Å²) in [6.07, 6.45) is -4.12. The number of hydrogen-bond donors (Lipinski definition) is 0. The monoisotopic (exact) mass is 396 g/mol. The van der Waals surface area contributed by atoms with E-state index in [2.05, 4.69) is 20.0 Å². The molecule has 0 spiro atoms. The van der Waals surface area contributed by atoms with Crippen LogP contribution in [0.5, 0.6) is 11.5 Å². The quantitative estimate of drug-likeness (QED) is 0.616. The average Bonchev–Trinajstić information content (AvgIpc) is 3.00. The van der Waals surface area contributed by atoms with Crippen molar-refractivity contribution in [1.82, 2.24) is 19.8 Å². The van der Waals surface area contributed by atoms with Gasteiger partial charge in [0.25, 0.3) is 0 Å². The first-order chi connectivity index (χ1) is 13.1. The number of methoxy groups -OCH3 is 1. The van der Waals surface area contributed by atoms with E-state index >= 15 is 0 Å². The maximum Gasteiger partial charge on any atom is 0.573 e. The van der Waals surface area contributed by atoms with Crippen LogP contribution in [0, 0.1) is 0 Å². The van der Waals surface area contributed by atoms with E-state index in [0.717, 1.165) is 6.07 Å². The van der Waals surface area contributed by atoms with Crippen LogP contribution in [0.3, 0.4) is 0 Å². The van der Waals surface area contributed by atoms with Crippen molar-refractivity contribution in [2.75, 3.05) is 7.11 Å². The van der Waals surface area contributed by atoms with Gasteiger partial charge in [-0.2, -0.15) is 9.61 Å². The first kappa shape index (κ1) is 18.5. The van der Waals surface area contributed by atoms with Gasteiger partial charge in [-0.05, 0) is 44.0 Å². The standard InChI is InChI=1S/C18H16F4N4O2/c1-17(19)8-10(9-17)16-24-23-15-6-5-13(25-26(15)16)12-4-3-11(7-14(12)27-2)28-18(20,21)22/h3-7,10H,8-9H2,1-2H3. The van der Waals surface area contributed by atoms with E-state index in [1.165, 1.54) is 23.8 Å². The first-order valence-electron chi connectivity index (χ1n) is 8.51. The third-order valence-corrected chi connectivity index (χ3v) is 4.68. The SMILES string of the molecule is COc1cc(OC(F)(F)F)ccc1-c1ccc2nnc(C3CC(C)(F)C3)n2n1. The highest BCUT2D eigenvalue weighted by Crippen LogP contribution is 2.46. The van der Waals surface area contributed by atoms with E-state index in [4.69, 9.17) is 4.74 Å². The van der Waals surface area contributed by atoms with Gasteiger partial charge in [-0.25, -0.2) is 4.39 Å². The van der Waals surface area contributed by atoms with E-state index in [1.807, 2.05) is 0 Å². The van der Waals surface area contributed by atoms with Crippen molar-refractivity contribution >= 4 is 5.65 Å². The second-order valence-corrected chi connectivity index (χ2v) is 6.98. The topological polar surface area (TPSA) is 61.5 Å². The second kappa shape index (κ2) is 6.32. The average molecular weight is 396 g/mol. The molecule has 0 aliphatic heterocycles. The number of fused-ring (bicyclic) bond motifs is 1. The molecule has 1 aliphatic carbocycles. The highest BCUT2D eigenvalue weighted by atomic mass is 19.4. The zero-order valence-corrected chi connectivity index (χ0v) is 15.0. The molecule has 4 rings (SSSR count). The van der Waals surface area contributed by atoms with Gasteiger partial charge < -0.3 is 9.47 Å². The van der Waals surface area contributed by atoms with Gasteiger partial charge in [0.15, 0.2) is 11.5 Å². The smallest absolute Gasteiger partial charge is 0.496 e. The molecule has 10 heteroatoms. The summed E-state index contributed by atoms with van der Waals surface area (Å²) in [5.41, 5.74) is 0.210. The van der Waals surface area contributed by atoms with Crippen LogP contribution in [0.25, 0.3) is 16.9 Å². The summed E-state index contributed by atoms with van der Waals surface area (Å²) >= 11 is 0. The number of alkyl halides is 4. The molecule has 148 valence electrons. The zero-order valence-electron chi connectivity index (χ0n) is 15.0. The third-order valence-electron chi connectivity index (χ3n) is 4.68. The molecule has 0 atom stereocenters. The molecule has 28 heavy (non-hydrogen) atoms. The molecule has 2 heterocycles. The van der Waals surface area contributed by atoms with Crippen molar-refractivity contribution < 1.29 is 27.0 Å². The lowest BCUT2D eigenvalue weighted by atomic mass is 9.73. The molecule has 0 amide bonds. The fraction of sp³-hybridized carbons (Fsp3) is 0.389. The lowest BCUT2D eigenvalue weighted by Gasteiger charge is -2.37. The molecule has 0 saturated heterocycles. The van der Waals surface area contributed by atoms with Gasteiger partial charge >= 0.3 is 6.36 Å². The van der Waals surface area contributed by atoms with E-state index < -0.39 is 17.8 Å². The molecule has 6 nitrogen and oxygen atoms in total. The van der Waals surface area contributed by atoms with Gasteiger partial charge in [0.2, 0.25) is 0 Å². The second-order valence-electron chi connectivity index (χ2n) is 6.98. The summed E-state index contributed by atoms with van der Waals surface area (Å²) in [6, 6.07) is 7.11. The van der Waals surface area contributed by atoms with Crippen LogP contribution in [0.15, 0.2) is 30.3 Å². The number of ether oxygens (including phenoxy) is 2. The highest BCUT2D eigenvalue weighted by Gasteiger charge is 2.43. The maximum absolute atomic E-state index is 13.9. The van der Waals surface area contributed by atoms with E-state index in [-0.39, 0.29) is 11.7 Å². The number of aromatic nitrogens is 4. The highest BCUT2D eigenvalue weighted by molar-refractivity contribution is 5.69. The summed E-state index contributed by atoms with van der Waals surface area (Å²) in [5.74, 6) is 0.249. The van der Waals surface area contributed by atoms with Gasteiger partial charge in [0, 0.05) is 17.5 Å². The molecule has 1 fully saturated rings. The molecule has 1 aromatic carbocycles. The van der Waals surface area contributed by atoms with Gasteiger partial charge in [-0.15, -0.1) is 23.4 Å². The van der Waals surface area contributed by atoms with Crippen LogP contribution in [0.1, 0.15) is 31.5 Å². The minimum Gasteiger partial charge on any atom is -0.496 e. The molecule has 1 saturated carbocycles. The number of nitrogens with zero attached hydrogens (tertiary/aromatic N) is 4. The molecule has 0 unspecified atom stereocenters. The van der Waals surface area contributed by atoms with E-state index in [0.29, 0.717) is 35.6 Å². The minimum absolute atomic E-state index is 0.0859. The molecule has 0 N–H and O–H groups in total. The van der Waals surface area contributed by atoms with Gasteiger partial charge in [0.05, 0.1) is 12.8 Å². The predicted molar refractivity (Wildman–Crippen MR) is 90.9 cm³/mol. The summed E-state index contributed by atoms with van der Waals surface area (Å²) in [5, 5.41) is 12.7. The number of rotatable bonds is 4. The van der Waals surface area contributed by atoms with Crippen molar-refractivity contribution in [3.63, 3.8) is 0 Å². The van der Waals surface area contributed by atoms with Gasteiger partial charge in [-0.3, -0.25) is 0 Å². The third kappa shape index (κ3) is 3.46. The Morgan fingerprint density at radius 2 is 1.89 bits per heavy atom. The maximum atomic E-state index is 13.9. The van der Waals surface area contributed by atoms with Crippen LogP contribution < -0.4 is 9.47 Å². The van der Waals surface area contributed by atoms with Crippen molar-refractivity contribution in [3.05, 3.63) is 36.2 Å². The Hall–Kier alpha value is -2.91. The van der Waals surface area contributed by atoms with Crippen LogP contribution in [0.2, 0.25) is 0 Å². The fourth-order valence-corrected chi connectivity index (χ4v) is 3.43. The van der Waals surface area contributed by atoms with Crippen molar-refractivity contribution in [2.45, 2.75) is 37.7 Å². The van der Waals surface area contributed by atoms with Crippen LogP contribution >= 0.6 is 0 Å². The number of benzene rings is 1. The Bertz CT molecular complexity index is 1020. The Balaban J connectivity index is 1.71. The van der Waals surface area contributed by atoms with E-state index in [1.54, 1.807) is 19.1 Å². The van der Waals surface area contributed by atoms with E-state index in [9.17, 15) is 17.6 Å². The summed E-state index contributed by atoms with van der Waals surface area (Å²) < 4.78 is 61.8. The molecule has 3 aromatic rings. The summed E-state index contributed by atoms with van der Waals surface area (Å²) in [7, 11) is 1.34. The van der Waals surface area contributed by atoms with Crippen molar-refractivity contribution in [3.8, 4) is 22.8 Å².